The van der Waals surface area contributed by atoms with Crippen molar-refractivity contribution < 1.29 is 19.1 Å². The molecule has 4 rings (SSSR count). The molecule has 5 nitrogen and oxygen atoms in total. The highest BCUT2D eigenvalue weighted by Gasteiger charge is 2.16. The van der Waals surface area contributed by atoms with E-state index in [-0.39, 0.29) is 17.1 Å². The number of aryl methyl sites for hydroxylation is 3. The van der Waals surface area contributed by atoms with E-state index in [1.807, 2.05) is 26.0 Å². The van der Waals surface area contributed by atoms with Gasteiger partial charge >= 0.3 is 5.63 Å². The molecule has 0 aliphatic carbocycles. The quantitative estimate of drug-likeness (QED) is 0.162. The lowest BCUT2D eigenvalue weighted by Gasteiger charge is -2.11. The van der Waals surface area contributed by atoms with Crippen LogP contribution in [-0.2, 0) is 0 Å². The molecule has 1 heterocycles. The molecule has 31 heavy (non-hydrogen) atoms. The Morgan fingerprint density at radius 2 is 1.68 bits per heavy atom. The van der Waals surface area contributed by atoms with Gasteiger partial charge in [-0.3, -0.25) is 9.59 Å². The van der Waals surface area contributed by atoms with Crippen molar-refractivity contribution in [3.8, 4) is 5.75 Å². The van der Waals surface area contributed by atoms with Crippen molar-refractivity contribution in [2.45, 2.75) is 20.8 Å². The molecule has 0 spiro atoms. The summed E-state index contributed by atoms with van der Waals surface area (Å²) >= 11 is 0. The molecule has 0 atom stereocenters. The van der Waals surface area contributed by atoms with Crippen LogP contribution in [0.2, 0.25) is 0 Å². The van der Waals surface area contributed by atoms with Gasteiger partial charge in [0.2, 0.25) is 0 Å². The van der Waals surface area contributed by atoms with Gasteiger partial charge in [0.05, 0.1) is 5.56 Å². The first-order chi connectivity index (χ1) is 14.8. The minimum absolute atomic E-state index is 0.0838. The summed E-state index contributed by atoms with van der Waals surface area (Å²) in [4.78, 5) is 36.3. The van der Waals surface area contributed by atoms with E-state index in [2.05, 4.69) is 0 Å². The van der Waals surface area contributed by atoms with Crippen molar-refractivity contribution in [1.82, 2.24) is 0 Å². The molecule has 5 heteroatoms. The van der Waals surface area contributed by atoms with E-state index in [0.29, 0.717) is 39.2 Å². The Labute approximate surface area is 178 Å². The number of rotatable bonds is 4. The number of fused-ring (bicyclic) bond motifs is 3. The number of carbonyl (C=O) groups excluding carboxylic acids is 2. The molecular weight excluding hydrogens is 392 g/mol. The highest BCUT2D eigenvalue weighted by atomic mass is 16.4. The Hall–Kier alpha value is -3.99. The predicted octanol–water partition coefficient (Wildman–Crippen LogP) is 5.29. The third-order valence-corrected chi connectivity index (χ3v) is 5.44. The van der Waals surface area contributed by atoms with Crippen LogP contribution in [0, 0.1) is 20.8 Å². The summed E-state index contributed by atoms with van der Waals surface area (Å²) in [5, 5.41) is 12.1. The zero-order valence-corrected chi connectivity index (χ0v) is 17.4. The fourth-order valence-electron chi connectivity index (χ4n) is 3.90. The highest BCUT2D eigenvalue weighted by Crippen LogP contribution is 2.37. The summed E-state index contributed by atoms with van der Waals surface area (Å²) in [6.07, 6.45) is 3.55. The zero-order valence-electron chi connectivity index (χ0n) is 17.4. The Morgan fingerprint density at radius 3 is 2.39 bits per heavy atom. The number of allylic oxidation sites excluding steroid dienone is 1. The number of ketones is 1. The summed E-state index contributed by atoms with van der Waals surface area (Å²) in [7, 11) is 0. The van der Waals surface area contributed by atoms with Crippen molar-refractivity contribution in [2.24, 2.45) is 0 Å². The summed E-state index contributed by atoms with van der Waals surface area (Å²) in [6, 6.07) is 11.9. The first-order valence-corrected chi connectivity index (χ1v) is 9.78. The van der Waals surface area contributed by atoms with Crippen LogP contribution in [0.1, 0.15) is 43.0 Å². The first kappa shape index (κ1) is 20.3. The molecular formula is C26H20O5. The fraction of sp³-hybridized carbons (Fsp3) is 0.115. The molecule has 0 aliphatic rings. The minimum atomic E-state index is -0.516. The molecule has 0 amide bonds. The molecule has 0 radical (unpaired) electrons. The molecule has 0 bridgehead atoms. The average molecular weight is 412 g/mol. The van der Waals surface area contributed by atoms with Gasteiger partial charge in [0.15, 0.2) is 12.1 Å². The number of carbonyl (C=O) groups is 2. The second-order valence-corrected chi connectivity index (χ2v) is 7.65. The summed E-state index contributed by atoms with van der Waals surface area (Å²) in [6.45, 7) is 5.63. The summed E-state index contributed by atoms with van der Waals surface area (Å²) in [5.41, 5.74) is 3.60. The lowest BCUT2D eigenvalue weighted by molar-refractivity contribution is 0.104. The van der Waals surface area contributed by atoms with Crippen LogP contribution >= 0.6 is 0 Å². The first-order valence-electron chi connectivity index (χ1n) is 9.78. The van der Waals surface area contributed by atoms with Crippen molar-refractivity contribution in [3.05, 3.63) is 92.3 Å². The van der Waals surface area contributed by atoms with Crippen molar-refractivity contribution in [2.75, 3.05) is 0 Å². The number of hydrogen-bond acceptors (Lipinski definition) is 5. The van der Waals surface area contributed by atoms with Gasteiger partial charge in [-0.25, -0.2) is 4.79 Å². The molecule has 0 fully saturated rings. The van der Waals surface area contributed by atoms with Gasteiger partial charge in [0.25, 0.3) is 0 Å². The van der Waals surface area contributed by atoms with E-state index in [9.17, 15) is 19.5 Å². The Morgan fingerprint density at radius 1 is 0.935 bits per heavy atom. The van der Waals surface area contributed by atoms with Crippen LogP contribution in [-0.4, -0.2) is 17.2 Å². The summed E-state index contributed by atoms with van der Waals surface area (Å²) < 4.78 is 5.47. The van der Waals surface area contributed by atoms with E-state index < -0.39 is 5.63 Å². The van der Waals surface area contributed by atoms with E-state index >= 15 is 0 Å². The number of aldehydes is 1. The fourth-order valence-corrected chi connectivity index (χ4v) is 3.90. The van der Waals surface area contributed by atoms with Crippen LogP contribution in [0.5, 0.6) is 5.75 Å². The predicted molar refractivity (Wildman–Crippen MR) is 121 cm³/mol. The number of aromatic hydroxyl groups is 1. The largest absolute Gasteiger partial charge is 0.507 e. The molecule has 0 unspecified atom stereocenters. The number of hydrogen-bond donors (Lipinski definition) is 1. The maximum Gasteiger partial charge on any atom is 0.336 e. The lowest BCUT2D eigenvalue weighted by atomic mass is 9.95. The van der Waals surface area contributed by atoms with E-state index in [0.717, 1.165) is 16.7 Å². The van der Waals surface area contributed by atoms with E-state index in [1.54, 1.807) is 31.2 Å². The minimum Gasteiger partial charge on any atom is -0.507 e. The van der Waals surface area contributed by atoms with Crippen molar-refractivity contribution in [1.29, 1.82) is 0 Å². The maximum atomic E-state index is 12.8. The second kappa shape index (κ2) is 7.69. The monoisotopic (exact) mass is 412 g/mol. The Balaban J connectivity index is 1.98. The number of benzene rings is 3. The molecule has 1 aromatic heterocycles. The third kappa shape index (κ3) is 3.55. The van der Waals surface area contributed by atoms with Gasteiger partial charge in [-0.2, -0.15) is 0 Å². The zero-order chi connectivity index (χ0) is 22.3. The average Bonchev–Trinajstić information content (AvgIpc) is 2.72. The maximum absolute atomic E-state index is 12.8. The normalized spacial score (nSPS) is 11.5. The standard InChI is InChI=1S/C26H20O5/c1-14-4-6-19(15(2)10-14)22(28)9-5-17-12-18(13-27)25(30)21-8-7-20-16(3)11-23(29)31-26(20)24(17)21/h4-13,30H,1-3H3/b9-5+. The topological polar surface area (TPSA) is 84.6 Å². The van der Waals surface area contributed by atoms with Gasteiger partial charge in [-0.1, -0.05) is 35.9 Å². The smallest absolute Gasteiger partial charge is 0.336 e. The van der Waals surface area contributed by atoms with Gasteiger partial charge in [0.1, 0.15) is 11.3 Å². The van der Waals surface area contributed by atoms with Gasteiger partial charge in [-0.05, 0) is 55.7 Å². The van der Waals surface area contributed by atoms with Crippen LogP contribution in [0.3, 0.4) is 0 Å². The summed E-state index contributed by atoms with van der Waals surface area (Å²) in [5.74, 6) is -0.391. The van der Waals surface area contributed by atoms with Crippen molar-refractivity contribution in [3.63, 3.8) is 0 Å². The Bertz CT molecular complexity index is 1470. The highest BCUT2D eigenvalue weighted by molar-refractivity contribution is 6.15. The number of phenols is 1. The number of phenolic OH excluding ortho intramolecular Hbond substituents is 1. The van der Waals surface area contributed by atoms with Crippen LogP contribution < -0.4 is 5.63 Å². The molecule has 4 aromatic rings. The SMILES string of the molecule is Cc1ccc(C(=O)/C=C/c2cc(C=O)c(O)c3ccc4c(C)cc(=O)oc4c23)c(C)c1. The van der Waals surface area contributed by atoms with Crippen LogP contribution in [0.25, 0.3) is 27.8 Å². The molecule has 3 aromatic carbocycles. The van der Waals surface area contributed by atoms with Gasteiger partial charge in [0, 0.05) is 27.8 Å². The molecule has 1 N–H and O–H groups in total. The van der Waals surface area contributed by atoms with Crippen molar-refractivity contribution >= 4 is 39.9 Å². The van der Waals surface area contributed by atoms with E-state index in [4.69, 9.17) is 4.42 Å². The molecule has 0 saturated heterocycles. The van der Waals surface area contributed by atoms with Crippen LogP contribution in [0.15, 0.2) is 57.8 Å². The third-order valence-electron chi connectivity index (χ3n) is 5.44. The Kier molecular flexibility index (Phi) is 5.03. The molecule has 0 aliphatic heterocycles. The second-order valence-electron chi connectivity index (χ2n) is 7.65. The molecule has 0 saturated carbocycles. The molecule has 154 valence electrons. The lowest BCUT2D eigenvalue weighted by Crippen LogP contribution is -2.00. The van der Waals surface area contributed by atoms with E-state index in [1.165, 1.54) is 18.2 Å². The van der Waals surface area contributed by atoms with Gasteiger partial charge < -0.3 is 9.52 Å². The van der Waals surface area contributed by atoms with Gasteiger partial charge in [-0.15, -0.1) is 0 Å². The van der Waals surface area contributed by atoms with Crippen LogP contribution in [0.4, 0.5) is 0 Å².